The van der Waals surface area contributed by atoms with Crippen molar-refractivity contribution in [3.05, 3.63) is 52.0 Å². The fraction of sp³-hybridized carbons (Fsp3) is 0.222. The Hall–Kier alpha value is -2.40. The van der Waals surface area contributed by atoms with Gasteiger partial charge >= 0.3 is 0 Å². The molecular formula is C18H16N2O2S. The second kappa shape index (κ2) is 5.35. The molecule has 2 heterocycles. The summed E-state index contributed by atoms with van der Waals surface area (Å²) in [4.78, 5) is 18.9. The van der Waals surface area contributed by atoms with Crippen LogP contribution in [0, 0.1) is 0 Å². The normalized spacial score (nSPS) is 13.3. The topological polar surface area (TPSA) is 65.2 Å². The molecule has 0 saturated carbocycles. The van der Waals surface area contributed by atoms with Gasteiger partial charge in [0.2, 0.25) is 5.78 Å². The average Bonchev–Trinajstić information content (AvgIpc) is 3.17. The lowest BCUT2D eigenvalue weighted by molar-refractivity contribution is 0.104. The number of benzene rings is 1. The summed E-state index contributed by atoms with van der Waals surface area (Å²) in [6.45, 7) is 0. The Bertz CT molecular complexity index is 913. The zero-order valence-corrected chi connectivity index (χ0v) is 13.6. The summed E-state index contributed by atoms with van der Waals surface area (Å²) in [7, 11) is 1.60. The molecule has 0 bridgehead atoms. The molecule has 5 heteroatoms. The number of ketones is 1. The van der Waals surface area contributed by atoms with Gasteiger partial charge in [0.05, 0.1) is 12.8 Å². The minimum Gasteiger partial charge on any atom is -0.497 e. The maximum absolute atomic E-state index is 12.8. The van der Waals surface area contributed by atoms with Crippen molar-refractivity contribution in [1.82, 2.24) is 4.98 Å². The third-order valence-electron chi connectivity index (χ3n) is 4.31. The zero-order chi connectivity index (χ0) is 16.0. The molecule has 0 atom stereocenters. The molecule has 4 nitrogen and oxygen atoms in total. The van der Waals surface area contributed by atoms with Crippen LogP contribution < -0.4 is 10.5 Å². The number of carbonyl (C=O) groups is 1. The number of nitrogens with zero attached hydrogens (tertiary/aromatic N) is 1. The van der Waals surface area contributed by atoms with Crippen molar-refractivity contribution in [2.75, 3.05) is 12.8 Å². The van der Waals surface area contributed by atoms with E-state index in [-0.39, 0.29) is 5.78 Å². The number of methoxy groups -OCH3 is 1. The van der Waals surface area contributed by atoms with Crippen molar-refractivity contribution in [2.45, 2.75) is 19.3 Å². The van der Waals surface area contributed by atoms with Gasteiger partial charge in [-0.3, -0.25) is 4.79 Å². The molecule has 2 N–H and O–H groups in total. The molecule has 1 aromatic carbocycles. The van der Waals surface area contributed by atoms with E-state index >= 15 is 0 Å². The van der Waals surface area contributed by atoms with Gasteiger partial charge < -0.3 is 10.5 Å². The number of thiophene rings is 1. The van der Waals surface area contributed by atoms with E-state index in [1.54, 1.807) is 31.4 Å². The zero-order valence-electron chi connectivity index (χ0n) is 12.8. The van der Waals surface area contributed by atoms with Crippen LogP contribution in [-0.2, 0) is 12.8 Å². The molecule has 4 rings (SSSR count). The quantitative estimate of drug-likeness (QED) is 0.748. The first-order valence-electron chi connectivity index (χ1n) is 7.57. The van der Waals surface area contributed by atoms with E-state index in [0.717, 1.165) is 40.9 Å². The fourth-order valence-corrected chi connectivity index (χ4v) is 4.10. The maximum Gasteiger partial charge on any atom is 0.205 e. The smallest absolute Gasteiger partial charge is 0.205 e. The minimum absolute atomic E-state index is 0.0617. The third kappa shape index (κ3) is 2.28. The molecule has 0 amide bonds. The van der Waals surface area contributed by atoms with E-state index in [9.17, 15) is 4.79 Å². The van der Waals surface area contributed by atoms with Gasteiger partial charge in [-0.2, -0.15) is 0 Å². The second-order valence-corrected chi connectivity index (χ2v) is 6.70. The van der Waals surface area contributed by atoms with Crippen LogP contribution in [0.25, 0.3) is 10.2 Å². The molecule has 0 saturated heterocycles. The first kappa shape index (κ1) is 14.2. The van der Waals surface area contributed by atoms with E-state index in [0.29, 0.717) is 16.1 Å². The van der Waals surface area contributed by atoms with Gasteiger partial charge in [-0.05, 0) is 55.2 Å². The Labute approximate surface area is 137 Å². The highest BCUT2D eigenvalue weighted by Gasteiger charge is 2.21. The van der Waals surface area contributed by atoms with Gasteiger partial charge in [-0.15, -0.1) is 11.3 Å². The van der Waals surface area contributed by atoms with Gasteiger partial charge in [0, 0.05) is 16.6 Å². The lowest BCUT2D eigenvalue weighted by atomic mass is 10.1. The van der Waals surface area contributed by atoms with E-state index in [1.807, 2.05) is 0 Å². The Morgan fingerprint density at radius 1 is 1.26 bits per heavy atom. The standard InChI is InChI=1S/C18H16N2O2S/c1-22-12-7-5-10(6-8-12)16(21)17-15(19)13-9-11-3-2-4-14(11)20-18(13)23-17/h5-9H,2-4,19H2,1H3. The van der Waals surface area contributed by atoms with E-state index in [4.69, 9.17) is 15.5 Å². The highest BCUT2D eigenvalue weighted by molar-refractivity contribution is 7.21. The van der Waals surface area contributed by atoms with Crippen LogP contribution in [0.3, 0.4) is 0 Å². The number of rotatable bonds is 3. The van der Waals surface area contributed by atoms with Crippen molar-refractivity contribution in [2.24, 2.45) is 0 Å². The van der Waals surface area contributed by atoms with Gasteiger partial charge in [0.15, 0.2) is 0 Å². The van der Waals surface area contributed by atoms with Crippen LogP contribution in [0.5, 0.6) is 5.75 Å². The van der Waals surface area contributed by atoms with Crippen LogP contribution in [0.2, 0.25) is 0 Å². The summed E-state index contributed by atoms with van der Waals surface area (Å²) < 4.78 is 5.13. The van der Waals surface area contributed by atoms with E-state index in [2.05, 4.69) is 6.07 Å². The second-order valence-electron chi connectivity index (χ2n) is 5.70. The summed E-state index contributed by atoms with van der Waals surface area (Å²) >= 11 is 1.39. The van der Waals surface area contributed by atoms with Crippen LogP contribution in [0.1, 0.15) is 32.9 Å². The molecule has 1 aliphatic rings. The molecule has 0 unspecified atom stereocenters. The molecule has 2 aromatic heterocycles. The highest BCUT2D eigenvalue weighted by Crippen LogP contribution is 2.37. The highest BCUT2D eigenvalue weighted by atomic mass is 32.1. The number of aromatic nitrogens is 1. The van der Waals surface area contributed by atoms with Crippen molar-refractivity contribution >= 4 is 33.0 Å². The number of carbonyl (C=O) groups excluding carboxylic acids is 1. The fourth-order valence-electron chi connectivity index (χ4n) is 3.04. The Morgan fingerprint density at radius 3 is 2.78 bits per heavy atom. The maximum atomic E-state index is 12.8. The first-order chi connectivity index (χ1) is 11.2. The molecule has 0 spiro atoms. The monoisotopic (exact) mass is 324 g/mol. The summed E-state index contributed by atoms with van der Waals surface area (Å²) in [6.07, 6.45) is 3.22. The molecule has 0 fully saturated rings. The Balaban J connectivity index is 1.78. The number of pyridine rings is 1. The lowest BCUT2D eigenvalue weighted by Crippen LogP contribution is -2.02. The van der Waals surface area contributed by atoms with E-state index in [1.165, 1.54) is 16.9 Å². The predicted molar refractivity (Wildman–Crippen MR) is 92.5 cm³/mol. The summed E-state index contributed by atoms with van der Waals surface area (Å²) in [5, 5.41) is 0.910. The summed E-state index contributed by atoms with van der Waals surface area (Å²) in [5.74, 6) is 0.664. The summed E-state index contributed by atoms with van der Waals surface area (Å²) in [6, 6.07) is 9.20. The predicted octanol–water partition coefficient (Wildman–Crippen LogP) is 3.61. The Kier molecular flexibility index (Phi) is 3.31. The third-order valence-corrected chi connectivity index (χ3v) is 5.42. The molecule has 23 heavy (non-hydrogen) atoms. The van der Waals surface area contributed by atoms with Crippen molar-refractivity contribution in [3.8, 4) is 5.75 Å². The number of hydrogen-bond acceptors (Lipinski definition) is 5. The number of hydrogen-bond donors (Lipinski definition) is 1. The molecule has 0 radical (unpaired) electrons. The number of anilines is 1. The molecule has 116 valence electrons. The molecule has 1 aliphatic carbocycles. The van der Waals surface area contributed by atoms with Crippen molar-refractivity contribution < 1.29 is 9.53 Å². The van der Waals surface area contributed by atoms with Crippen LogP contribution in [0.4, 0.5) is 5.69 Å². The largest absolute Gasteiger partial charge is 0.497 e. The SMILES string of the molecule is COc1ccc(C(=O)c2sc3nc4c(cc3c2N)CCC4)cc1. The minimum atomic E-state index is -0.0617. The first-order valence-corrected chi connectivity index (χ1v) is 8.38. The number of aryl methyl sites for hydroxylation is 2. The molecular weight excluding hydrogens is 308 g/mol. The van der Waals surface area contributed by atoms with E-state index < -0.39 is 0 Å². The van der Waals surface area contributed by atoms with Gasteiger partial charge in [-0.1, -0.05) is 0 Å². The molecule has 0 aliphatic heterocycles. The van der Waals surface area contributed by atoms with Crippen molar-refractivity contribution in [3.63, 3.8) is 0 Å². The number of nitrogen functional groups attached to an aromatic ring is 1. The average molecular weight is 324 g/mol. The van der Waals surface area contributed by atoms with Gasteiger partial charge in [0.25, 0.3) is 0 Å². The lowest BCUT2D eigenvalue weighted by Gasteiger charge is -2.02. The van der Waals surface area contributed by atoms with Gasteiger partial charge in [0.1, 0.15) is 15.5 Å². The van der Waals surface area contributed by atoms with Crippen LogP contribution in [-0.4, -0.2) is 17.9 Å². The van der Waals surface area contributed by atoms with Crippen LogP contribution >= 0.6 is 11.3 Å². The summed E-state index contributed by atoms with van der Waals surface area (Å²) in [5.41, 5.74) is 9.83. The van der Waals surface area contributed by atoms with Gasteiger partial charge in [-0.25, -0.2) is 4.98 Å². The molecule has 3 aromatic rings. The van der Waals surface area contributed by atoms with Crippen molar-refractivity contribution in [1.29, 1.82) is 0 Å². The number of nitrogens with two attached hydrogens (primary N) is 1. The number of fused-ring (bicyclic) bond motifs is 2. The number of ether oxygens (including phenoxy) is 1. The Morgan fingerprint density at radius 2 is 2.04 bits per heavy atom. The van der Waals surface area contributed by atoms with Crippen LogP contribution in [0.15, 0.2) is 30.3 Å².